The molecule has 3 aliphatic rings. The topological polar surface area (TPSA) is 26.7 Å². The van der Waals surface area contributed by atoms with Gasteiger partial charge in [-0.2, -0.15) is 0 Å². The van der Waals surface area contributed by atoms with Gasteiger partial charge in [-0.05, 0) is 68.9 Å². The minimum Gasteiger partial charge on any atom is -0.384 e. The van der Waals surface area contributed by atoms with Crippen LogP contribution in [0, 0.1) is 17.2 Å². The Balaban J connectivity index is 1.90. The molecule has 132 valence electrons. The third-order valence-corrected chi connectivity index (χ3v) is 6.87. The second-order valence-corrected chi connectivity index (χ2v) is 8.80. The van der Waals surface area contributed by atoms with Gasteiger partial charge in [0.2, 0.25) is 0 Å². The number of fused-ring (bicyclic) bond motifs is 3. The standard InChI is InChI=1S/C20H29FN2O/c1-19(2)12-15-16(21)11-13-5-10-23(4)18(13)17(15)20(19,24)14-6-8-22(3)9-7-14/h11,14,24H,5-10,12H2,1-4H3. The maximum Gasteiger partial charge on any atom is 0.127 e. The molecule has 1 fully saturated rings. The van der Waals surface area contributed by atoms with Gasteiger partial charge in [0.05, 0.1) is 0 Å². The van der Waals surface area contributed by atoms with Crippen molar-refractivity contribution in [3.8, 4) is 0 Å². The second-order valence-electron chi connectivity index (χ2n) is 8.80. The molecule has 1 aromatic rings. The lowest BCUT2D eigenvalue weighted by Gasteiger charge is -2.47. The Morgan fingerprint density at radius 3 is 2.50 bits per heavy atom. The van der Waals surface area contributed by atoms with Crippen LogP contribution in [0.5, 0.6) is 0 Å². The summed E-state index contributed by atoms with van der Waals surface area (Å²) in [6.45, 7) is 7.16. The Morgan fingerprint density at radius 1 is 1.17 bits per heavy atom. The van der Waals surface area contributed by atoms with Crippen molar-refractivity contribution in [1.29, 1.82) is 0 Å². The van der Waals surface area contributed by atoms with E-state index in [1.807, 2.05) is 0 Å². The van der Waals surface area contributed by atoms with E-state index in [0.29, 0.717) is 6.42 Å². The van der Waals surface area contributed by atoms with Crippen molar-refractivity contribution >= 4 is 5.69 Å². The van der Waals surface area contributed by atoms with Gasteiger partial charge < -0.3 is 14.9 Å². The number of aliphatic hydroxyl groups is 1. The average molecular weight is 332 g/mol. The Kier molecular flexibility index (Phi) is 3.53. The van der Waals surface area contributed by atoms with Gasteiger partial charge in [0.15, 0.2) is 0 Å². The van der Waals surface area contributed by atoms with Crippen molar-refractivity contribution in [1.82, 2.24) is 4.90 Å². The fraction of sp³-hybridized carbons (Fsp3) is 0.700. The summed E-state index contributed by atoms with van der Waals surface area (Å²) in [6.07, 6.45) is 3.45. The molecule has 0 radical (unpaired) electrons. The molecule has 24 heavy (non-hydrogen) atoms. The summed E-state index contributed by atoms with van der Waals surface area (Å²) in [4.78, 5) is 4.54. The number of anilines is 1. The van der Waals surface area contributed by atoms with Crippen molar-refractivity contribution in [2.45, 2.75) is 45.1 Å². The summed E-state index contributed by atoms with van der Waals surface area (Å²) >= 11 is 0. The minimum atomic E-state index is -0.936. The van der Waals surface area contributed by atoms with Crippen molar-refractivity contribution in [2.24, 2.45) is 11.3 Å². The molecule has 1 N–H and O–H groups in total. The van der Waals surface area contributed by atoms with E-state index < -0.39 is 5.60 Å². The van der Waals surface area contributed by atoms with Crippen LogP contribution >= 0.6 is 0 Å². The van der Waals surface area contributed by atoms with E-state index in [2.05, 4.69) is 37.7 Å². The van der Waals surface area contributed by atoms with E-state index in [1.165, 1.54) is 0 Å². The largest absolute Gasteiger partial charge is 0.384 e. The molecule has 1 saturated heterocycles. The zero-order valence-electron chi connectivity index (χ0n) is 15.3. The number of benzene rings is 1. The molecule has 1 unspecified atom stereocenters. The molecule has 4 heteroatoms. The summed E-state index contributed by atoms with van der Waals surface area (Å²) < 4.78 is 14.9. The van der Waals surface area contributed by atoms with E-state index in [-0.39, 0.29) is 17.2 Å². The summed E-state index contributed by atoms with van der Waals surface area (Å²) in [5, 5.41) is 12.1. The summed E-state index contributed by atoms with van der Waals surface area (Å²) in [5.74, 6) is 0.0841. The number of likely N-dealkylation sites (N-methyl/N-ethyl adjacent to an activating group) is 1. The van der Waals surface area contributed by atoms with Crippen LogP contribution in [0.3, 0.4) is 0 Å². The molecule has 2 heterocycles. The number of hydrogen-bond donors (Lipinski definition) is 1. The van der Waals surface area contributed by atoms with Gasteiger partial charge in [-0.15, -0.1) is 0 Å². The third kappa shape index (κ3) is 2.02. The fourth-order valence-corrected chi connectivity index (χ4v) is 5.44. The van der Waals surface area contributed by atoms with E-state index in [1.54, 1.807) is 6.07 Å². The lowest BCUT2D eigenvalue weighted by atomic mass is 9.65. The maximum atomic E-state index is 14.9. The van der Waals surface area contributed by atoms with Crippen LogP contribution < -0.4 is 4.90 Å². The van der Waals surface area contributed by atoms with Crippen LogP contribution in [-0.4, -0.2) is 43.7 Å². The van der Waals surface area contributed by atoms with Crippen LogP contribution in [0.4, 0.5) is 10.1 Å². The van der Waals surface area contributed by atoms with Crippen molar-refractivity contribution in [3.05, 3.63) is 28.6 Å². The average Bonchev–Trinajstić information content (AvgIpc) is 2.97. The summed E-state index contributed by atoms with van der Waals surface area (Å²) in [7, 11) is 4.21. The van der Waals surface area contributed by atoms with E-state index in [4.69, 9.17) is 0 Å². The number of rotatable bonds is 1. The molecule has 3 nitrogen and oxygen atoms in total. The highest BCUT2D eigenvalue weighted by Gasteiger charge is 2.58. The second kappa shape index (κ2) is 5.18. The number of halogens is 1. The highest BCUT2D eigenvalue weighted by atomic mass is 19.1. The fourth-order valence-electron chi connectivity index (χ4n) is 5.44. The molecule has 0 aromatic heterocycles. The van der Waals surface area contributed by atoms with Gasteiger partial charge in [0.1, 0.15) is 11.4 Å². The first-order chi connectivity index (χ1) is 11.3. The number of likely N-dealkylation sites (tertiary alicyclic amines) is 1. The SMILES string of the molecule is CN1CCC(C2(O)c3c(c(F)cc4c3N(C)CC4)CC2(C)C)CC1. The molecule has 0 spiro atoms. The number of nitrogens with zero attached hydrogens (tertiary/aromatic N) is 2. The smallest absolute Gasteiger partial charge is 0.127 e. The minimum absolute atomic E-state index is 0.115. The Hall–Kier alpha value is -1.13. The predicted octanol–water partition coefficient (Wildman–Crippen LogP) is 2.93. The predicted molar refractivity (Wildman–Crippen MR) is 95.0 cm³/mol. The van der Waals surface area contributed by atoms with Gasteiger partial charge >= 0.3 is 0 Å². The van der Waals surface area contributed by atoms with E-state index in [9.17, 15) is 9.50 Å². The normalized spacial score (nSPS) is 29.8. The zero-order chi connectivity index (χ0) is 17.3. The molecule has 4 rings (SSSR count). The molecule has 0 amide bonds. The molecule has 1 aromatic carbocycles. The number of hydrogen-bond acceptors (Lipinski definition) is 3. The highest BCUT2D eigenvalue weighted by molar-refractivity contribution is 5.69. The maximum absolute atomic E-state index is 14.9. The van der Waals surface area contributed by atoms with Crippen LogP contribution in [0.25, 0.3) is 0 Å². The highest BCUT2D eigenvalue weighted by Crippen LogP contribution is 2.60. The first kappa shape index (κ1) is 16.3. The van der Waals surface area contributed by atoms with Gasteiger partial charge in [0.25, 0.3) is 0 Å². The molecule has 1 aliphatic carbocycles. The first-order valence-corrected chi connectivity index (χ1v) is 9.22. The summed E-state index contributed by atoms with van der Waals surface area (Å²) in [6, 6.07) is 1.72. The van der Waals surface area contributed by atoms with Crippen molar-refractivity contribution < 1.29 is 9.50 Å². The Labute approximate surface area is 144 Å². The van der Waals surface area contributed by atoms with Gasteiger partial charge in [-0.3, -0.25) is 0 Å². The van der Waals surface area contributed by atoms with Crippen LogP contribution in [0.2, 0.25) is 0 Å². The molecule has 0 saturated carbocycles. The van der Waals surface area contributed by atoms with E-state index in [0.717, 1.165) is 61.3 Å². The first-order valence-electron chi connectivity index (χ1n) is 9.22. The summed E-state index contributed by atoms with van der Waals surface area (Å²) in [5.41, 5.74) is 2.58. The van der Waals surface area contributed by atoms with Crippen LogP contribution in [0.1, 0.15) is 43.4 Å². The number of piperidine rings is 1. The lowest BCUT2D eigenvalue weighted by molar-refractivity contribution is -0.121. The molecule has 1 atom stereocenters. The molecule has 0 bridgehead atoms. The zero-order valence-corrected chi connectivity index (χ0v) is 15.3. The third-order valence-electron chi connectivity index (χ3n) is 6.87. The quantitative estimate of drug-likeness (QED) is 0.857. The van der Waals surface area contributed by atoms with Gasteiger partial charge in [-0.1, -0.05) is 13.8 Å². The Bertz CT molecular complexity index is 679. The monoisotopic (exact) mass is 332 g/mol. The lowest BCUT2D eigenvalue weighted by Crippen LogP contribution is -2.49. The molecular weight excluding hydrogens is 303 g/mol. The van der Waals surface area contributed by atoms with E-state index >= 15 is 0 Å². The van der Waals surface area contributed by atoms with Gasteiger partial charge in [-0.25, -0.2) is 4.39 Å². The van der Waals surface area contributed by atoms with Gasteiger partial charge in [0, 0.05) is 30.3 Å². The molecular formula is C20H29FN2O. The Morgan fingerprint density at radius 2 is 1.83 bits per heavy atom. The van der Waals surface area contributed by atoms with Crippen LogP contribution in [0.15, 0.2) is 6.07 Å². The van der Waals surface area contributed by atoms with Crippen molar-refractivity contribution in [2.75, 3.05) is 38.6 Å². The van der Waals surface area contributed by atoms with Crippen LogP contribution in [-0.2, 0) is 18.4 Å². The molecule has 2 aliphatic heterocycles. The van der Waals surface area contributed by atoms with Crippen molar-refractivity contribution in [3.63, 3.8) is 0 Å².